The van der Waals surface area contributed by atoms with Crippen molar-refractivity contribution >= 4 is 0 Å². The Hall–Kier alpha value is -1.61. The van der Waals surface area contributed by atoms with Crippen LogP contribution in [0.5, 0.6) is 0 Å². The lowest BCUT2D eigenvalue weighted by Gasteiger charge is -2.22. The van der Waals surface area contributed by atoms with Gasteiger partial charge in [-0.1, -0.05) is 43.5 Å². The first-order valence-electron chi connectivity index (χ1n) is 8.19. The van der Waals surface area contributed by atoms with E-state index in [4.69, 9.17) is 5.73 Å². The minimum atomic E-state index is 0.543. The molecule has 2 aromatic rings. The van der Waals surface area contributed by atoms with Crippen molar-refractivity contribution < 1.29 is 0 Å². The van der Waals surface area contributed by atoms with Crippen LogP contribution < -0.4 is 5.73 Å². The van der Waals surface area contributed by atoms with Crippen LogP contribution in [0.15, 0.2) is 30.3 Å². The van der Waals surface area contributed by atoms with E-state index in [1.165, 1.54) is 43.2 Å². The summed E-state index contributed by atoms with van der Waals surface area (Å²) in [5.41, 5.74) is 10.6. The average Bonchev–Trinajstić information content (AvgIpc) is 2.99. The van der Waals surface area contributed by atoms with Gasteiger partial charge in [0.05, 0.1) is 11.4 Å². The van der Waals surface area contributed by atoms with Crippen LogP contribution >= 0.6 is 0 Å². The van der Waals surface area contributed by atoms with Crippen molar-refractivity contribution in [2.45, 2.75) is 58.0 Å². The Morgan fingerprint density at radius 3 is 2.43 bits per heavy atom. The number of rotatable bonds is 4. The summed E-state index contributed by atoms with van der Waals surface area (Å²) in [7, 11) is 0. The van der Waals surface area contributed by atoms with Crippen molar-refractivity contribution in [2.24, 2.45) is 5.73 Å². The van der Waals surface area contributed by atoms with Gasteiger partial charge in [0.2, 0.25) is 0 Å². The van der Waals surface area contributed by atoms with Crippen molar-refractivity contribution in [1.29, 1.82) is 0 Å². The van der Waals surface area contributed by atoms with Crippen LogP contribution in [0.3, 0.4) is 0 Å². The predicted molar refractivity (Wildman–Crippen MR) is 87.1 cm³/mol. The van der Waals surface area contributed by atoms with Crippen LogP contribution in [0, 0.1) is 0 Å². The Morgan fingerprint density at radius 1 is 1.14 bits per heavy atom. The molecule has 1 saturated carbocycles. The zero-order chi connectivity index (χ0) is 14.7. The maximum Gasteiger partial charge on any atom is 0.0926 e. The summed E-state index contributed by atoms with van der Waals surface area (Å²) in [6, 6.07) is 11.1. The zero-order valence-corrected chi connectivity index (χ0v) is 12.9. The highest BCUT2D eigenvalue weighted by molar-refractivity contribution is 5.60. The van der Waals surface area contributed by atoms with E-state index in [0.717, 1.165) is 23.9 Å². The Morgan fingerprint density at radius 2 is 1.86 bits per heavy atom. The smallest absolute Gasteiger partial charge is 0.0926 e. The molecule has 0 amide bonds. The van der Waals surface area contributed by atoms with E-state index in [9.17, 15) is 0 Å². The minimum absolute atomic E-state index is 0.543. The molecule has 0 saturated heterocycles. The van der Waals surface area contributed by atoms with E-state index in [1.807, 2.05) is 4.68 Å². The number of benzene rings is 1. The van der Waals surface area contributed by atoms with E-state index in [1.54, 1.807) is 0 Å². The molecular weight excluding hydrogens is 258 g/mol. The first-order chi connectivity index (χ1) is 10.3. The van der Waals surface area contributed by atoms with Crippen LogP contribution in [0.2, 0.25) is 0 Å². The van der Waals surface area contributed by atoms with Crippen LogP contribution in [0.4, 0.5) is 0 Å². The number of hydrogen-bond acceptors (Lipinski definition) is 2. The van der Waals surface area contributed by atoms with Crippen LogP contribution in [-0.2, 0) is 13.1 Å². The molecular formula is C18H25N3. The standard InChI is InChI=1S/C18H25N3/c1-2-21-17(13-19)12-18(20-21)16-10-8-15(9-11-16)14-6-4-3-5-7-14/h8-12,14H,2-7,13,19H2,1H3. The summed E-state index contributed by atoms with van der Waals surface area (Å²) in [5, 5.41) is 4.65. The van der Waals surface area contributed by atoms with E-state index < -0.39 is 0 Å². The normalized spacial score (nSPS) is 16.3. The Labute approximate surface area is 127 Å². The van der Waals surface area contributed by atoms with Gasteiger partial charge in [-0.25, -0.2) is 0 Å². The third-order valence-corrected chi connectivity index (χ3v) is 4.66. The van der Waals surface area contributed by atoms with Crippen molar-refractivity contribution in [3.05, 3.63) is 41.6 Å². The summed E-state index contributed by atoms with van der Waals surface area (Å²) in [4.78, 5) is 0. The second-order valence-corrected chi connectivity index (χ2v) is 6.00. The fourth-order valence-corrected chi connectivity index (χ4v) is 3.40. The highest BCUT2D eigenvalue weighted by Gasteiger charge is 2.15. The quantitative estimate of drug-likeness (QED) is 0.919. The summed E-state index contributed by atoms with van der Waals surface area (Å²) >= 11 is 0. The highest BCUT2D eigenvalue weighted by atomic mass is 15.3. The average molecular weight is 283 g/mol. The molecule has 3 nitrogen and oxygen atoms in total. The fourth-order valence-electron chi connectivity index (χ4n) is 3.40. The molecule has 0 radical (unpaired) electrons. The summed E-state index contributed by atoms with van der Waals surface area (Å²) in [6.07, 6.45) is 6.87. The summed E-state index contributed by atoms with van der Waals surface area (Å²) in [5.74, 6) is 0.764. The van der Waals surface area contributed by atoms with Gasteiger partial charge < -0.3 is 5.73 Å². The minimum Gasteiger partial charge on any atom is -0.325 e. The third-order valence-electron chi connectivity index (χ3n) is 4.66. The van der Waals surface area contributed by atoms with E-state index in [0.29, 0.717) is 6.54 Å². The summed E-state index contributed by atoms with van der Waals surface area (Å²) in [6.45, 7) is 3.51. The lowest BCUT2D eigenvalue weighted by molar-refractivity contribution is 0.443. The van der Waals surface area contributed by atoms with Crippen molar-refractivity contribution in [3.63, 3.8) is 0 Å². The monoisotopic (exact) mass is 283 g/mol. The highest BCUT2D eigenvalue weighted by Crippen LogP contribution is 2.33. The maximum absolute atomic E-state index is 5.78. The van der Waals surface area contributed by atoms with Crippen molar-refractivity contribution in [1.82, 2.24) is 9.78 Å². The van der Waals surface area contributed by atoms with Gasteiger partial charge in [-0.3, -0.25) is 4.68 Å². The molecule has 0 spiro atoms. The molecule has 0 bridgehead atoms. The van der Waals surface area contributed by atoms with Gasteiger partial charge >= 0.3 is 0 Å². The summed E-state index contributed by atoms with van der Waals surface area (Å²) < 4.78 is 1.99. The second-order valence-electron chi connectivity index (χ2n) is 6.00. The number of nitrogens with two attached hydrogens (primary N) is 1. The fraction of sp³-hybridized carbons (Fsp3) is 0.500. The largest absolute Gasteiger partial charge is 0.325 e. The molecule has 112 valence electrons. The Kier molecular flexibility index (Phi) is 4.39. The second kappa shape index (κ2) is 6.44. The van der Waals surface area contributed by atoms with Crippen molar-refractivity contribution in [2.75, 3.05) is 0 Å². The maximum atomic E-state index is 5.78. The van der Waals surface area contributed by atoms with Crippen LogP contribution in [0.25, 0.3) is 11.3 Å². The molecule has 1 aliphatic rings. The van der Waals surface area contributed by atoms with Crippen molar-refractivity contribution in [3.8, 4) is 11.3 Å². The Bertz CT molecular complexity index is 556. The molecule has 1 aliphatic carbocycles. The first-order valence-corrected chi connectivity index (χ1v) is 8.19. The van der Waals surface area contributed by atoms with Gasteiger partial charge in [0, 0.05) is 18.7 Å². The van der Waals surface area contributed by atoms with Gasteiger partial charge in [-0.15, -0.1) is 0 Å². The SMILES string of the molecule is CCn1nc(-c2ccc(C3CCCCC3)cc2)cc1CN. The molecule has 2 N–H and O–H groups in total. The molecule has 3 rings (SSSR count). The van der Waals surface area contributed by atoms with Gasteiger partial charge in [-0.2, -0.15) is 5.10 Å². The molecule has 21 heavy (non-hydrogen) atoms. The number of nitrogens with zero attached hydrogens (tertiary/aromatic N) is 2. The molecule has 3 heteroatoms. The van der Waals surface area contributed by atoms with Gasteiger partial charge in [0.25, 0.3) is 0 Å². The van der Waals surface area contributed by atoms with Gasteiger partial charge in [0.15, 0.2) is 0 Å². The first kappa shape index (κ1) is 14.3. The van der Waals surface area contributed by atoms with Gasteiger partial charge in [0.1, 0.15) is 0 Å². The van der Waals surface area contributed by atoms with Crippen LogP contribution in [0.1, 0.15) is 56.2 Å². The van der Waals surface area contributed by atoms with Crippen LogP contribution in [-0.4, -0.2) is 9.78 Å². The molecule has 0 aliphatic heterocycles. The van der Waals surface area contributed by atoms with E-state index in [2.05, 4.69) is 42.4 Å². The Balaban J connectivity index is 1.81. The molecule has 1 heterocycles. The van der Waals surface area contributed by atoms with E-state index in [-0.39, 0.29) is 0 Å². The van der Waals surface area contributed by atoms with Gasteiger partial charge in [-0.05, 0) is 37.3 Å². The lowest BCUT2D eigenvalue weighted by atomic mass is 9.84. The predicted octanol–water partition coefficient (Wildman–Crippen LogP) is 4.08. The number of hydrogen-bond donors (Lipinski definition) is 1. The lowest BCUT2D eigenvalue weighted by Crippen LogP contribution is -2.06. The molecule has 0 unspecified atom stereocenters. The number of aryl methyl sites for hydroxylation is 1. The third kappa shape index (κ3) is 3.03. The van der Waals surface area contributed by atoms with E-state index >= 15 is 0 Å². The molecule has 0 atom stereocenters. The zero-order valence-electron chi connectivity index (χ0n) is 12.9. The topological polar surface area (TPSA) is 43.8 Å². The molecule has 1 aromatic heterocycles. The number of aromatic nitrogens is 2. The molecule has 1 aromatic carbocycles. The molecule has 1 fully saturated rings.